The number of hydrogen-bond acceptors (Lipinski definition) is 4. The molecule has 5 heteroatoms. The number of carbonyl (C=O) groups is 1. The predicted octanol–water partition coefficient (Wildman–Crippen LogP) is 0.616. The summed E-state index contributed by atoms with van der Waals surface area (Å²) in [5.41, 5.74) is 0.713. The summed E-state index contributed by atoms with van der Waals surface area (Å²) in [5, 5.41) is 5.54. The number of ether oxygens (including phenoxy) is 2. The quantitative estimate of drug-likeness (QED) is 0.787. The fourth-order valence-electron chi connectivity index (χ4n) is 1.49. The highest BCUT2D eigenvalue weighted by molar-refractivity contribution is 5.92. The lowest BCUT2D eigenvalue weighted by Crippen LogP contribution is -2.25. The van der Waals surface area contributed by atoms with Crippen LogP contribution < -0.4 is 20.1 Å². The highest BCUT2D eigenvalue weighted by atomic mass is 16.6. The summed E-state index contributed by atoms with van der Waals surface area (Å²) in [4.78, 5) is 11.3. The van der Waals surface area contributed by atoms with E-state index in [2.05, 4.69) is 10.6 Å². The van der Waals surface area contributed by atoms with Crippen LogP contribution in [0.3, 0.4) is 0 Å². The summed E-state index contributed by atoms with van der Waals surface area (Å²) >= 11 is 0. The Morgan fingerprint density at radius 2 is 2.06 bits per heavy atom. The second-order valence-corrected chi connectivity index (χ2v) is 3.44. The lowest BCUT2D eigenvalue weighted by Gasteiger charge is -2.18. The molecule has 0 atom stereocenters. The third-order valence-electron chi connectivity index (χ3n) is 2.16. The molecule has 0 spiro atoms. The molecule has 1 aromatic carbocycles. The van der Waals surface area contributed by atoms with E-state index in [0.717, 1.165) is 5.75 Å². The van der Waals surface area contributed by atoms with E-state index in [1.807, 2.05) is 0 Å². The van der Waals surface area contributed by atoms with Crippen LogP contribution in [0.2, 0.25) is 0 Å². The van der Waals surface area contributed by atoms with E-state index in [-0.39, 0.29) is 12.5 Å². The van der Waals surface area contributed by atoms with Crippen LogP contribution in [0.25, 0.3) is 0 Å². The molecule has 0 fully saturated rings. The molecule has 1 amide bonds. The maximum Gasteiger partial charge on any atom is 0.238 e. The number of carbonyl (C=O) groups excluding carboxylic acids is 1. The van der Waals surface area contributed by atoms with Gasteiger partial charge in [-0.25, -0.2) is 0 Å². The number of fused-ring (bicyclic) bond motifs is 1. The minimum absolute atomic E-state index is 0.0841. The Kier molecular flexibility index (Phi) is 3.26. The van der Waals surface area contributed by atoms with Crippen molar-refractivity contribution in [3.8, 4) is 11.5 Å². The van der Waals surface area contributed by atoms with Gasteiger partial charge in [0.05, 0.1) is 6.54 Å². The van der Waals surface area contributed by atoms with Gasteiger partial charge in [0.1, 0.15) is 13.2 Å². The first kappa shape index (κ1) is 10.8. The lowest BCUT2D eigenvalue weighted by molar-refractivity contribution is -0.115. The van der Waals surface area contributed by atoms with Gasteiger partial charge in [-0.3, -0.25) is 4.79 Å². The standard InChI is InChI=1S/C11H14N2O3/c1-12-7-11(14)13-8-2-3-9-10(6-8)16-5-4-15-9/h2-3,6,12H,4-5,7H2,1H3,(H,13,14). The molecule has 2 N–H and O–H groups in total. The number of amides is 1. The van der Waals surface area contributed by atoms with Crippen LogP contribution in [0.5, 0.6) is 11.5 Å². The van der Waals surface area contributed by atoms with Gasteiger partial charge in [0.15, 0.2) is 11.5 Å². The normalized spacial score (nSPS) is 13.3. The van der Waals surface area contributed by atoms with Gasteiger partial charge in [-0.1, -0.05) is 0 Å². The number of hydrogen-bond donors (Lipinski definition) is 2. The third-order valence-corrected chi connectivity index (χ3v) is 2.16. The molecule has 86 valence electrons. The summed E-state index contributed by atoms with van der Waals surface area (Å²) in [6.07, 6.45) is 0. The second kappa shape index (κ2) is 4.85. The first-order valence-corrected chi connectivity index (χ1v) is 5.13. The molecule has 0 aliphatic carbocycles. The Morgan fingerprint density at radius 1 is 1.31 bits per heavy atom. The van der Waals surface area contributed by atoms with Crippen molar-refractivity contribution in [1.29, 1.82) is 0 Å². The molecular formula is C11H14N2O3. The SMILES string of the molecule is CNCC(=O)Nc1ccc2c(c1)OCCO2. The van der Waals surface area contributed by atoms with E-state index in [9.17, 15) is 4.79 Å². The van der Waals surface area contributed by atoms with E-state index in [0.29, 0.717) is 24.7 Å². The molecule has 0 radical (unpaired) electrons. The van der Waals surface area contributed by atoms with E-state index in [1.165, 1.54) is 0 Å². The summed E-state index contributed by atoms with van der Waals surface area (Å²) in [7, 11) is 1.73. The van der Waals surface area contributed by atoms with Gasteiger partial charge in [0, 0.05) is 11.8 Å². The number of benzene rings is 1. The fourth-order valence-corrected chi connectivity index (χ4v) is 1.49. The summed E-state index contributed by atoms with van der Waals surface area (Å²) in [6, 6.07) is 5.35. The molecule has 0 saturated carbocycles. The van der Waals surface area contributed by atoms with Gasteiger partial charge in [-0.15, -0.1) is 0 Å². The van der Waals surface area contributed by atoms with Gasteiger partial charge in [0.25, 0.3) is 0 Å². The molecule has 2 rings (SSSR count). The Morgan fingerprint density at radius 3 is 2.81 bits per heavy atom. The van der Waals surface area contributed by atoms with Crippen molar-refractivity contribution >= 4 is 11.6 Å². The van der Waals surface area contributed by atoms with Crippen LogP contribution >= 0.6 is 0 Å². The number of nitrogens with one attached hydrogen (secondary N) is 2. The van der Waals surface area contributed by atoms with Crippen LogP contribution in [0.15, 0.2) is 18.2 Å². The zero-order valence-electron chi connectivity index (χ0n) is 9.08. The minimum Gasteiger partial charge on any atom is -0.486 e. The lowest BCUT2D eigenvalue weighted by atomic mass is 10.2. The average Bonchev–Trinajstić information content (AvgIpc) is 2.29. The highest BCUT2D eigenvalue weighted by Crippen LogP contribution is 2.32. The molecule has 1 heterocycles. The molecule has 0 bridgehead atoms. The molecular weight excluding hydrogens is 208 g/mol. The number of likely N-dealkylation sites (N-methyl/N-ethyl adjacent to an activating group) is 1. The molecule has 0 aromatic heterocycles. The van der Waals surface area contributed by atoms with E-state index in [1.54, 1.807) is 25.2 Å². The van der Waals surface area contributed by atoms with Crippen molar-refractivity contribution in [3.05, 3.63) is 18.2 Å². The first-order chi connectivity index (χ1) is 7.79. The smallest absolute Gasteiger partial charge is 0.238 e. The predicted molar refractivity (Wildman–Crippen MR) is 60.0 cm³/mol. The van der Waals surface area contributed by atoms with Crippen molar-refractivity contribution in [1.82, 2.24) is 5.32 Å². The van der Waals surface area contributed by atoms with E-state index in [4.69, 9.17) is 9.47 Å². The summed E-state index contributed by atoms with van der Waals surface area (Å²) in [6.45, 7) is 1.40. The van der Waals surface area contributed by atoms with Gasteiger partial charge in [-0.2, -0.15) is 0 Å². The molecule has 1 aliphatic rings. The average molecular weight is 222 g/mol. The Labute approximate surface area is 93.7 Å². The Balaban J connectivity index is 2.08. The maximum absolute atomic E-state index is 11.3. The van der Waals surface area contributed by atoms with Crippen molar-refractivity contribution < 1.29 is 14.3 Å². The topological polar surface area (TPSA) is 59.6 Å². The Hall–Kier alpha value is -1.75. The highest BCUT2D eigenvalue weighted by Gasteiger charge is 2.12. The maximum atomic E-state index is 11.3. The number of rotatable bonds is 3. The van der Waals surface area contributed by atoms with Crippen molar-refractivity contribution in [3.63, 3.8) is 0 Å². The van der Waals surface area contributed by atoms with Crippen LogP contribution in [-0.4, -0.2) is 32.7 Å². The van der Waals surface area contributed by atoms with Crippen LogP contribution in [-0.2, 0) is 4.79 Å². The molecule has 1 aliphatic heterocycles. The van der Waals surface area contributed by atoms with Crippen LogP contribution in [0.4, 0.5) is 5.69 Å². The van der Waals surface area contributed by atoms with Crippen molar-refractivity contribution in [2.75, 3.05) is 32.1 Å². The molecule has 16 heavy (non-hydrogen) atoms. The summed E-state index contributed by atoms with van der Waals surface area (Å²) in [5.74, 6) is 1.31. The van der Waals surface area contributed by atoms with Crippen LogP contribution in [0, 0.1) is 0 Å². The zero-order valence-corrected chi connectivity index (χ0v) is 9.08. The van der Waals surface area contributed by atoms with Crippen LogP contribution in [0.1, 0.15) is 0 Å². The Bertz CT molecular complexity index is 393. The zero-order chi connectivity index (χ0) is 11.4. The minimum atomic E-state index is -0.0841. The van der Waals surface area contributed by atoms with Crippen molar-refractivity contribution in [2.24, 2.45) is 0 Å². The fraction of sp³-hybridized carbons (Fsp3) is 0.364. The largest absolute Gasteiger partial charge is 0.486 e. The van der Waals surface area contributed by atoms with E-state index < -0.39 is 0 Å². The number of anilines is 1. The van der Waals surface area contributed by atoms with E-state index >= 15 is 0 Å². The van der Waals surface area contributed by atoms with Gasteiger partial charge in [-0.05, 0) is 19.2 Å². The molecule has 5 nitrogen and oxygen atoms in total. The second-order valence-electron chi connectivity index (χ2n) is 3.44. The molecule has 1 aromatic rings. The van der Waals surface area contributed by atoms with Crippen molar-refractivity contribution in [2.45, 2.75) is 0 Å². The monoisotopic (exact) mass is 222 g/mol. The first-order valence-electron chi connectivity index (χ1n) is 5.13. The molecule has 0 saturated heterocycles. The van der Waals surface area contributed by atoms with Gasteiger partial charge >= 0.3 is 0 Å². The van der Waals surface area contributed by atoms with Gasteiger partial charge < -0.3 is 20.1 Å². The molecule has 0 unspecified atom stereocenters. The third kappa shape index (κ3) is 2.43. The van der Waals surface area contributed by atoms with Gasteiger partial charge in [0.2, 0.25) is 5.91 Å². The summed E-state index contributed by atoms with van der Waals surface area (Å²) < 4.78 is 10.8.